The van der Waals surface area contributed by atoms with E-state index in [0.717, 1.165) is 32.5 Å². The summed E-state index contributed by atoms with van der Waals surface area (Å²) >= 11 is 3.52. The molecule has 3 aromatic rings. The number of aromatic hydroxyl groups is 1. The highest BCUT2D eigenvalue weighted by Crippen LogP contribution is 2.27. The molecule has 0 atom stereocenters. The van der Waals surface area contributed by atoms with E-state index in [1.807, 2.05) is 36.4 Å². The highest BCUT2D eigenvalue weighted by Gasteiger charge is 2.05. The fourth-order valence-corrected chi connectivity index (χ4v) is 2.66. The molecule has 4 nitrogen and oxygen atoms in total. The average Bonchev–Trinajstić information content (AvgIpc) is 2.54. The van der Waals surface area contributed by atoms with E-state index >= 15 is 0 Å². The number of ether oxygens (including phenoxy) is 1. The number of methoxy groups -OCH3 is 1. The lowest BCUT2D eigenvalue weighted by Gasteiger charge is -2.10. The van der Waals surface area contributed by atoms with Crippen LogP contribution in [0.25, 0.3) is 10.9 Å². The molecular formula is C17H15BrN2O2. The lowest BCUT2D eigenvalue weighted by molar-refractivity contribution is 0.414. The first kappa shape index (κ1) is 14.7. The van der Waals surface area contributed by atoms with Gasteiger partial charge in [-0.2, -0.15) is 0 Å². The van der Waals surface area contributed by atoms with Crippen molar-refractivity contribution in [2.45, 2.75) is 6.54 Å². The minimum absolute atomic E-state index is 0.212. The van der Waals surface area contributed by atoms with Crippen molar-refractivity contribution in [3.8, 4) is 11.5 Å². The molecule has 2 aromatic carbocycles. The zero-order valence-electron chi connectivity index (χ0n) is 12.0. The molecule has 0 bridgehead atoms. The fourth-order valence-electron chi connectivity index (χ4n) is 2.18. The predicted octanol–water partition coefficient (Wildman–Crippen LogP) is 4.32. The highest BCUT2D eigenvalue weighted by molar-refractivity contribution is 9.10. The van der Waals surface area contributed by atoms with Gasteiger partial charge in [-0.1, -0.05) is 12.1 Å². The van der Waals surface area contributed by atoms with Gasteiger partial charge in [0.15, 0.2) is 0 Å². The number of pyridine rings is 1. The summed E-state index contributed by atoms with van der Waals surface area (Å²) in [5, 5.41) is 13.8. The third kappa shape index (κ3) is 3.14. The molecule has 3 rings (SSSR count). The fraction of sp³-hybridized carbons (Fsp3) is 0.118. The molecule has 112 valence electrons. The Morgan fingerprint density at radius 3 is 2.64 bits per heavy atom. The Balaban J connectivity index is 1.81. The van der Waals surface area contributed by atoms with Gasteiger partial charge in [0, 0.05) is 18.0 Å². The summed E-state index contributed by atoms with van der Waals surface area (Å²) in [5.74, 6) is 1.79. The molecule has 5 heteroatoms. The molecule has 0 aliphatic heterocycles. The van der Waals surface area contributed by atoms with Crippen LogP contribution >= 0.6 is 15.9 Å². The Labute approximate surface area is 136 Å². The van der Waals surface area contributed by atoms with Gasteiger partial charge in [-0.3, -0.25) is 0 Å². The summed E-state index contributed by atoms with van der Waals surface area (Å²) < 4.78 is 6.03. The number of hydrogen-bond acceptors (Lipinski definition) is 4. The first-order chi connectivity index (χ1) is 10.7. The number of halogens is 1. The van der Waals surface area contributed by atoms with Crippen molar-refractivity contribution in [3.05, 3.63) is 58.6 Å². The number of benzene rings is 2. The first-order valence-corrected chi connectivity index (χ1v) is 7.61. The largest absolute Gasteiger partial charge is 0.508 e. The van der Waals surface area contributed by atoms with E-state index in [9.17, 15) is 5.11 Å². The highest BCUT2D eigenvalue weighted by atomic mass is 79.9. The van der Waals surface area contributed by atoms with Gasteiger partial charge in [-0.25, -0.2) is 4.98 Å². The average molecular weight is 359 g/mol. The molecule has 0 aliphatic carbocycles. The van der Waals surface area contributed by atoms with Crippen LogP contribution in [-0.2, 0) is 6.54 Å². The summed E-state index contributed by atoms with van der Waals surface area (Å²) in [6.07, 6.45) is 0. The lowest BCUT2D eigenvalue weighted by atomic mass is 10.2. The SMILES string of the molecule is COc1ccc(CNc2nc3cc(O)ccc3cc2Br)cc1. The molecule has 0 aliphatic rings. The number of phenols is 1. The molecule has 0 saturated heterocycles. The van der Waals surface area contributed by atoms with Gasteiger partial charge in [0.25, 0.3) is 0 Å². The second kappa shape index (κ2) is 6.23. The summed E-state index contributed by atoms with van der Waals surface area (Å²) in [7, 11) is 1.65. The van der Waals surface area contributed by atoms with Crippen molar-refractivity contribution in [2.75, 3.05) is 12.4 Å². The number of phenolic OH excluding ortho intramolecular Hbond substituents is 1. The van der Waals surface area contributed by atoms with Crippen LogP contribution in [0.3, 0.4) is 0 Å². The van der Waals surface area contributed by atoms with Gasteiger partial charge < -0.3 is 15.2 Å². The number of hydrogen-bond donors (Lipinski definition) is 2. The number of aromatic nitrogens is 1. The van der Waals surface area contributed by atoms with E-state index in [-0.39, 0.29) is 5.75 Å². The second-order valence-electron chi connectivity index (χ2n) is 4.90. The quantitative estimate of drug-likeness (QED) is 0.728. The maximum Gasteiger partial charge on any atom is 0.141 e. The smallest absolute Gasteiger partial charge is 0.141 e. The van der Waals surface area contributed by atoms with Crippen molar-refractivity contribution in [1.82, 2.24) is 4.98 Å². The van der Waals surface area contributed by atoms with Gasteiger partial charge in [0.05, 0.1) is 17.1 Å². The molecule has 0 spiro atoms. The van der Waals surface area contributed by atoms with Crippen molar-refractivity contribution >= 4 is 32.7 Å². The summed E-state index contributed by atoms with van der Waals surface area (Å²) in [6, 6.07) is 15.0. The van der Waals surface area contributed by atoms with Gasteiger partial charge in [0.1, 0.15) is 17.3 Å². The number of fused-ring (bicyclic) bond motifs is 1. The van der Waals surface area contributed by atoms with Crippen molar-refractivity contribution in [3.63, 3.8) is 0 Å². The van der Waals surface area contributed by atoms with E-state index in [1.165, 1.54) is 0 Å². The van der Waals surface area contributed by atoms with Gasteiger partial charge in [0.2, 0.25) is 0 Å². The Hall–Kier alpha value is -2.27. The molecule has 0 saturated carbocycles. The molecule has 0 radical (unpaired) electrons. The Bertz CT molecular complexity index is 804. The molecule has 0 fully saturated rings. The van der Waals surface area contributed by atoms with Crippen molar-refractivity contribution in [1.29, 1.82) is 0 Å². The maximum absolute atomic E-state index is 9.56. The van der Waals surface area contributed by atoms with E-state index < -0.39 is 0 Å². The Kier molecular flexibility index (Phi) is 4.15. The molecule has 0 amide bonds. The maximum atomic E-state index is 9.56. The van der Waals surface area contributed by atoms with Crippen LogP contribution in [0.1, 0.15) is 5.56 Å². The third-order valence-electron chi connectivity index (χ3n) is 3.37. The van der Waals surface area contributed by atoms with Gasteiger partial charge in [-0.15, -0.1) is 0 Å². The normalized spacial score (nSPS) is 10.6. The van der Waals surface area contributed by atoms with Crippen molar-refractivity contribution < 1.29 is 9.84 Å². The number of nitrogens with zero attached hydrogens (tertiary/aromatic N) is 1. The molecule has 2 N–H and O–H groups in total. The zero-order chi connectivity index (χ0) is 15.5. The number of rotatable bonds is 4. The number of anilines is 1. The molecule has 1 aromatic heterocycles. The van der Waals surface area contributed by atoms with E-state index in [2.05, 4.69) is 26.2 Å². The van der Waals surface area contributed by atoms with Crippen LogP contribution in [0.2, 0.25) is 0 Å². The minimum atomic E-state index is 0.212. The number of nitrogens with one attached hydrogen (secondary N) is 1. The van der Waals surface area contributed by atoms with E-state index in [1.54, 1.807) is 19.2 Å². The standard InChI is InChI=1S/C17H15BrN2O2/c1-22-14-6-2-11(3-7-14)10-19-17-15(18)8-12-4-5-13(21)9-16(12)20-17/h2-9,21H,10H2,1H3,(H,19,20). The van der Waals surface area contributed by atoms with Crippen LogP contribution in [0, 0.1) is 0 Å². The van der Waals surface area contributed by atoms with Crippen LogP contribution in [0.15, 0.2) is 53.0 Å². The van der Waals surface area contributed by atoms with Crippen LogP contribution in [-0.4, -0.2) is 17.2 Å². The monoisotopic (exact) mass is 358 g/mol. The second-order valence-corrected chi connectivity index (χ2v) is 5.75. The Morgan fingerprint density at radius 2 is 1.91 bits per heavy atom. The lowest BCUT2D eigenvalue weighted by Crippen LogP contribution is -2.02. The van der Waals surface area contributed by atoms with Crippen LogP contribution in [0.5, 0.6) is 11.5 Å². The van der Waals surface area contributed by atoms with Crippen LogP contribution < -0.4 is 10.1 Å². The summed E-state index contributed by atoms with van der Waals surface area (Å²) in [4.78, 5) is 4.54. The minimum Gasteiger partial charge on any atom is -0.508 e. The van der Waals surface area contributed by atoms with Crippen molar-refractivity contribution in [2.24, 2.45) is 0 Å². The van der Waals surface area contributed by atoms with E-state index in [0.29, 0.717) is 6.54 Å². The van der Waals surface area contributed by atoms with Gasteiger partial charge >= 0.3 is 0 Å². The third-order valence-corrected chi connectivity index (χ3v) is 3.98. The summed E-state index contributed by atoms with van der Waals surface area (Å²) in [6.45, 7) is 0.653. The predicted molar refractivity (Wildman–Crippen MR) is 91.4 cm³/mol. The Morgan fingerprint density at radius 1 is 1.14 bits per heavy atom. The molecule has 0 unspecified atom stereocenters. The molecule has 22 heavy (non-hydrogen) atoms. The van der Waals surface area contributed by atoms with E-state index in [4.69, 9.17) is 4.74 Å². The molecule has 1 heterocycles. The topological polar surface area (TPSA) is 54.4 Å². The van der Waals surface area contributed by atoms with Crippen LogP contribution in [0.4, 0.5) is 5.82 Å². The first-order valence-electron chi connectivity index (χ1n) is 6.82. The zero-order valence-corrected chi connectivity index (χ0v) is 13.6. The summed E-state index contributed by atoms with van der Waals surface area (Å²) in [5.41, 5.74) is 1.88. The van der Waals surface area contributed by atoms with Gasteiger partial charge in [-0.05, 0) is 51.8 Å². The molecular weight excluding hydrogens is 344 g/mol.